The van der Waals surface area contributed by atoms with Gasteiger partial charge in [0, 0.05) is 18.3 Å². The standard InChI is InChI=1S/C19H21FN2O5/c1-11-12(2)27-13(3)18(11)19(25)26-10-17(24)22(4)9-16(23)21-15-7-5-14(20)6-8-15/h5-8H,9-10H2,1-4H3,(H,21,23). The van der Waals surface area contributed by atoms with Crippen LogP contribution in [0, 0.1) is 26.6 Å². The van der Waals surface area contributed by atoms with Gasteiger partial charge >= 0.3 is 5.97 Å². The quantitative estimate of drug-likeness (QED) is 0.783. The Balaban J connectivity index is 1.85. The third-order valence-electron chi connectivity index (χ3n) is 4.03. The number of esters is 1. The van der Waals surface area contributed by atoms with Gasteiger partial charge in [0.25, 0.3) is 5.91 Å². The summed E-state index contributed by atoms with van der Waals surface area (Å²) in [6, 6.07) is 5.25. The van der Waals surface area contributed by atoms with Crippen LogP contribution in [0.15, 0.2) is 28.7 Å². The van der Waals surface area contributed by atoms with Crippen molar-refractivity contribution < 1.29 is 27.9 Å². The molecule has 0 unspecified atom stereocenters. The second-order valence-electron chi connectivity index (χ2n) is 6.10. The van der Waals surface area contributed by atoms with E-state index in [0.29, 0.717) is 28.3 Å². The molecule has 1 aromatic carbocycles. The highest BCUT2D eigenvalue weighted by Gasteiger charge is 2.22. The molecule has 8 heteroatoms. The summed E-state index contributed by atoms with van der Waals surface area (Å²) >= 11 is 0. The van der Waals surface area contributed by atoms with Crippen LogP contribution in [-0.4, -0.2) is 42.9 Å². The molecule has 0 radical (unpaired) electrons. The normalized spacial score (nSPS) is 10.4. The molecular formula is C19H21FN2O5. The highest BCUT2D eigenvalue weighted by atomic mass is 19.1. The Hall–Kier alpha value is -3.16. The van der Waals surface area contributed by atoms with Gasteiger partial charge in [0.15, 0.2) is 6.61 Å². The van der Waals surface area contributed by atoms with Crippen LogP contribution in [-0.2, 0) is 14.3 Å². The lowest BCUT2D eigenvalue weighted by Gasteiger charge is -2.16. The Morgan fingerprint density at radius 3 is 2.30 bits per heavy atom. The molecule has 0 aliphatic rings. The van der Waals surface area contributed by atoms with E-state index in [1.807, 2.05) is 0 Å². The van der Waals surface area contributed by atoms with Crippen molar-refractivity contribution in [2.45, 2.75) is 20.8 Å². The number of ether oxygens (including phenoxy) is 1. The highest BCUT2D eigenvalue weighted by molar-refractivity contribution is 5.96. The van der Waals surface area contributed by atoms with Crippen LogP contribution in [0.25, 0.3) is 0 Å². The molecule has 2 aromatic rings. The SMILES string of the molecule is Cc1oc(C)c(C(=O)OCC(=O)N(C)CC(=O)Nc2ccc(F)cc2)c1C. The van der Waals surface area contributed by atoms with Crippen molar-refractivity contribution in [1.82, 2.24) is 4.90 Å². The summed E-state index contributed by atoms with van der Waals surface area (Å²) in [5.74, 6) is -1.02. The molecule has 7 nitrogen and oxygen atoms in total. The molecule has 0 saturated heterocycles. The first-order valence-corrected chi connectivity index (χ1v) is 8.22. The fourth-order valence-electron chi connectivity index (χ4n) is 2.44. The van der Waals surface area contributed by atoms with E-state index in [2.05, 4.69) is 5.32 Å². The predicted molar refractivity (Wildman–Crippen MR) is 95.9 cm³/mol. The first-order chi connectivity index (χ1) is 12.7. The first-order valence-electron chi connectivity index (χ1n) is 8.22. The number of carbonyl (C=O) groups is 3. The third kappa shape index (κ3) is 5.16. The number of furan rings is 1. The number of amides is 2. The number of benzene rings is 1. The van der Waals surface area contributed by atoms with Crippen molar-refractivity contribution in [2.75, 3.05) is 25.5 Å². The fourth-order valence-corrected chi connectivity index (χ4v) is 2.44. The molecule has 2 amide bonds. The topological polar surface area (TPSA) is 88.8 Å². The molecule has 0 aliphatic heterocycles. The number of hydrogen-bond donors (Lipinski definition) is 1. The van der Waals surface area contributed by atoms with Gasteiger partial charge in [-0.05, 0) is 45.0 Å². The van der Waals surface area contributed by atoms with E-state index in [1.165, 1.54) is 31.3 Å². The largest absolute Gasteiger partial charge is 0.465 e. The first kappa shape index (κ1) is 20.2. The Morgan fingerprint density at radius 2 is 1.74 bits per heavy atom. The van der Waals surface area contributed by atoms with Gasteiger partial charge in [0.05, 0.1) is 6.54 Å². The number of nitrogens with zero attached hydrogens (tertiary/aromatic N) is 1. The number of rotatable bonds is 6. The number of anilines is 1. The Bertz CT molecular complexity index is 858. The number of nitrogens with one attached hydrogen (secondary N) is 1. The molecule has 0 saturated carbocycles. The van der Waals surface area contributed by atoms with Crippen molar-refractivity contribution in [2.24, 2.45) is 0 Å². The molecule has 2 rings (SSSR count). The highest BCUT2D eigenvalue weighted by Crippen LogP contribution is 2.21. The van der Waals surface area contributed by atoms with Gasteiger partial charge in [0.2, 0.25) is 5.91 Å². The van der Waals surface area contributed by atoms with Crippen molar-refractivity contribution in [3.8, 4) is 0 Å². The molecule has 0 aliphatic carbocycles. The van der Waals surface area contributed by atoms with Gasteiger partial charge in [0.1, 0.15) is 22.9 Å². The van der Waals surface area contributed by atoms with Crippen molar-refractivity contribution in [3.63, 3.8) is 0 Å². The van der Waals surface area contributed by atoms with Crippen molar-refractivity contribution in [3.05, 3.63) is 52.7 Å². The smallest absolute Gasteiger partial charge is 0.342 e. The number of halogens is 1. The summed E-state index contributed by atoms with van der Waals surface area (Å²) in [7, 11) is 1.42. The van der Waals surface area contributed by atoms with E-state index in [9.17, 15) is 18.8 Å². The van der Waals surface area contributed by atoms with E-state index in [0.717, 1.165) is 4.90 Å². The number of hydrogen-bond acceptors (Lipinski definition) is 5. The zero-order valence-electron chi connectivity index (χ0n) is 15.6. The van der Waals surface area contributed by atoms with Gasteiger partial charge in [-0.1, -0.05) is 0 Å². The van der Waals surface area contributed by atoms with Gasteiger partial charge in [-0.3, -0.25) is 9.59 Å². The molecule has 0 spiro atoms. The lowest BCUT2D eigenvalue weighted by molar-refractivity contribution is -0.136. The summed E-state index contributed by atoms with van der Waals surface area (Å²) < 4.78 is 23.3. The molecule has 1 heterocycles. The zero-order valence-corrected chi connectivity index (χ0v) is 15.6. The molecule has 1 N–H and O–H groups in total. The van der Waals surface area contributed by atoms with Crippen LogP contribution in [0.5, 0.6) is 0 Å². The average Bonchev–Trinajstić information content (AvgIpc) is 2.86. The number of aryl methyl sites for hydroxylation is 2. The second-order valence-corrected chi connectivity index (χ2v) is 6.10. The fraction of sp³-hybridized carbons (Fsp3) is 0.316. The maximum Gasteiger partial charge on any atom is 0.342 e. The molecular weight excluding hydrogens is 355 g/mol. The maximum atomic E-state index is 12.9. The predicted octanol–water partition coefficient (Wildman–Crippen LogP) is 2.60. The molecule has 27 heavy (non-hydrogen) atoms. The minimum atomic E-state index is -0.653. The Labute approximate surface area is 156 Å². The number of likely N-dealkylation sites (N-methyl/N-ethyl adjacent to an activating group) is 1. The molecule has 0 fully saturated rings. The summed E-state index contributed by atoms with van der Waals surface area (Å²) in [4.78, 5) is 37.3. The van der Waals surface area contributed by atoms with Crippen LogP contribution >= 0.6 is 0 Å². The van der Waals surface area contributed by atoms with Crippen molar-refractivity contribution >= 4 is 23.5 Å². The van der Waals surface area contributed by atoms with E-state index in [4.69, 9.17) is 9.15 Å². The lowest BCUT2D eigenvalue weighted by Crippen LogP contribution is -2.37. The summed E-state index contributed by atoms with van der Waals surface area (Å²) in [6.07, 6.45) is 0. The molecule has 144 valence electrons. The summed E-state index contributed by atoms with van der Waals surface area (Å²) in [5.41, 5.74) is 1.38. The summed E-state index contributed by atoms with van der Waals surface area (Å²) in [5, 5.41) is 2.54. The Kier molecular flexibility index (Phi) is 6.33. The van der Waals surface area contributed by atoms with Crippen LogP contribution in [0.2, 0.25) is 0 Å². The van der Waals surface area contributed by atoms with E-state index in [1.54, 1.807) is 20.8 Å². The van der Waals surface area contributed by atoms with Crippen LogP contribution in [0.4, 0.5) is 10.1 Å². The van der Waals surface area contributed by atoms with Crippen LogP contribution < -0.4 is 5.32 Å². The maximum absolute atomic E-state index is 12.9. The molecule has 1 aromatic heterocycles. The van der Waals surface area contributed by atoms with E-state index < -0.39 is 30.2 Å². The average molecular weight is 376 g/mol. The van der Waals surface area contributed by atoms with Crippen molar-refractivity contribution in [1.29, 1.82) is 0 Å². The number of carbonyl (C=O) groups excluding carboxylic acids is 3. The minimum absolute atomic E-state index is 0.239. The van der Waals surface area contributed by atoms with E-state index in [-0.39, 0.29) is 6.54 Å². The molecule has 0 bridgehead atoms. The monoisotopic (exact) mass is 376 g/mol. The minimum Gasteiger partial charge on any atom is -0.465 e. The van der Waals surface area contributed by atoms with Crippen LogP contribution in [0.1, 0.15) is 27.4 Å². The lowest BCUT2D eigenvalue weighted by atomic mass is 10.1. The van der Waals surface area contributed by atoms with Crippen LogP contribution in [0.3, 0.4) is 0 Å². The van der Waals surface area contributed by atoms with Gasteiger partial charge in [-0.15, -0.1) is 0 Å². The third-order valence-corrected chi connectivity index (χ3v) is 4.03. The zero-order chi connectivity index (χ0) is 20.1. The van der Waals surface area contributed by atoms with Gasteiger partial charge in [-0.2, -0.15) is 0 Å². The van der Waals surface area contributed by atoms with Gasteiger partial charge in [-0.25, -0.2) is 9.18 Å². The Morgan fingerprint density at radius 1 is 1.11 bits per heavy atom. The van der Waals surface area contributed by atoms with E-state index >= 15 is 0 Å². The van der Waals surface area contributed by atoms with Gasteiger partial charge < -0.3 is 19.4 Å². The molecule has 0 atom stereocenters. The second kappa shape index (κ2) is 8.48. The summed E-state index contributed by atoms with van der Waals surface area (Å²) in [6.45, 7) is 4.37.